The molecular weight excluding hydrogens is 203 g/mol. The summed E-state index contributed by atoms with van der Waals surface area (Å²) >= 11 is 0. The quantitative estimate of drug-likeness (QED) is 0.350. The first-order valence-corrected chi connectivity index (χ1v) is 0.775. The topological polar surface area (TPSA) is 60.7 Å². The predicted molar refractivity (Wildman–Crippen MR) is 21.5 cm³/mol. The summed E-state index contributed by atoms with van der Waals surface area (Å²) in [7, 11) is -2.17. The molecule has 0 saturated carbocycles. The maximum atomic E-state index is 7.17. The second-order valence-electron chi connectivity index (χ2n) is 0.346. The van der Waals surface area contributed by atoms with Gasteiger partial charge in [-0.2, -0.15) is 0 Å². The van der Waals surface area contributed by atoms with E-state index in [4.69, 9.17) is 15.1 Å². The van der Waals surface area contributed by atoms with Gasteiger partial charge in [-0.15, -0.1) is 0 Å². The molecule has 3 nitrogen and oxygen atoms in total. The van der Waals surface area contributed by atoms with Crippen molar-refractivity contribution >= 4 is 56.2 Å². The minimum Gasteiger partial charge on any atom is -1.00 e. The largest absolute Gasteiger partial charge is 2.00 e. The molecular formula is H6BBaLiO3. The monoisotopic (exact) mass is 210 g/mol. The van der Waals surface area contributed by atoms with Crippen molar-refractivity contribution in [2.45, 2.75) is 0 Å². The molecule has 0 saturated heterocycles. The van der Waals surface area contributed by atoms with Crippen LogP contribution in [0.3, 0.4) is 0 Å². The molecule has 0 aromatic rings. The molecule has 0 fully saturated rings. The molecule has 0 aliphatic rings. The summed E-state index contributed by atoms with van der Waals surface area (Å²) < 4.78 is 0. The Morgan fingerprint density at radius 1 is 1.17 bits per heavy atom. The molecule has 0 rings (SSSR count). The molecule has 30 valence electrons. The van der Waals surface area contributed by atoms with Crippen LogP contribution in [-0.2, 0) is 0 Å². The second kappa shape index (κ2) is 10.2. The van der Waals surface area contributed by atoms with Crippen LogP contribution in [0.1, 0.15) is 4.28 Å². The van der Waals surface area contributed by atoms with Crippen molar-refractivity contribution in [1.82, 2.24) is 0 Å². The van der Waals surface area contributed by atoms with E-state index in [2.05, 4.69) is 0 Å². The molecule has 3 N–H and O–H groups in total. The van der Waals surface area contributed by atoms with E-state index >= 15 is 0 Å². The van der Waals surface area contributed by atoms with Crippen molar-refractivity contribution in [3.8, 4) is 0 Å². The molecule has 0 spiro atoms. The Bertz CT molecular complexity index is 23.8. The Labute approximate surface area is 93.0 Å². The normalized spacial score (nSPS) is 4.50. The average Bonchev–Trinajstić information content (AvgIpc) is 0.811. The Balaban J connectivity index is -0.00000000450. The van der Waals surface area contributed by atoms with Gasteiger partial charge in [-0.05, 0) is 0 Å². The third-order valence-electron chi connectivity index (χ3n) is 0. The first kappa shape index (κ1) is 15.7. The molecule has 0 aliphatic carbocycles. The molecule has 0 aliphatic heterocycles. The molecule has 0 heterocycles. The molecule has 0 aromatic heterocycles. The fraction of sp³-hybridized carbons (Fsp3) is 0. The second-order valence-corrected chi connectivity index (χ2v) is 0.346. The van der Waals surface area contributed by atoms with Gasteiger partial charge >= 0.3 is 75.1 Å². The zero-order valence-electron chi connectivity index (χ0n) is 6.63. The van der Waals surface area contributed by atoms with Crippen molar-refractivity contribution in [3.63, 3.8) is 0 Å². The van der Waals surface area contributed by atoms with Crippen LogP contribution in [0.25, 0.3) is 0 Å². The third kappa shape index (κ3) is 35.8. The van der Waals surface area contributed by atoms with Gasteiger partial charge in [0.1, 0.15) is 0 Å². The molecule has 0 unspecified atom stereocenters. The van der Waals surface area contributed by atoms with Gasteiger partial charge in [0, 0.05) is 0 Å². The van der Waals surface area contributed by atoms with Gasteiger partial charge in [-0.1, -0.05) is 0 Å². The standard InChI is InChI=1S/BH3O3.Ba.Li.3H/c2-1(3)4;;;;;/h2-4H;;;;;/q;+2;+1;3*-1. The van der Waals surface area contributed by atoms with Gasteiger partial charge in [-0.25, -0.2) is 0 Å². The third-order valence-corrected chi connectivity index (χ3v) is 0. The SMILES string of the molecule is OB(O)O.[Ba+2].[H-].[H-].[H-].[Li+]. The average molecular weight is 209 g/mol. The minimum atomic E-state index is -2.17. The Kier molecular flexibility index (Phi) is 26.6. The number of hydrogen-bond donors (Lipinski definition) is 3. The summed E-state index contributed by atoms with van der Waals surface area (Å²) in [5, 5.41) is 21.5. The van der Waals surface area contributed by atoms with Crippen LogP contribution in [0.5, 0.6) is 0 Å². The number of hydrogen-bond acceptors (Lipinski definition) is 3. The minimum absolute atomic E-state index is 0. The van der Waals surface area contributed by atoms with Gasteiger partial charge in [0.15, 0.2) is 0 Å². The van der Waals surface area contributed by atoms with Crippen molar-refractivity contribution in [1.29, 1.82) is 0 Å². The molecule has 0 atom stereocenters. The van der Waals surface area contributed by atoms with Crippen LogP contribution in [0.2, 0.25) is 0 Å². The van der Waals surface area contributed by atoms with E-state index in [1.54, 1.807) is 0 Å². The van der Waals surface area contributed by atoms with Crippen molar-refractivity contribution in [2.75, 3.05) is 0 Å². The number of rotatable bonds is 0. The Hall–Kier alpha value is 2.11. The fourth-order valence-corrected chi connectivity index (χ4v) is 0. The summed E-state index contributed by atoms with van der Waals surface area (Å²) in [6.45, 7) is 0. The van der Waals surface area contributed by atoms with E-state index in [0.29, 0.717) is 0 Å². The van der Waals surface area contributed by atoms with E-state index in [1.165, 1.54) is 0 Å². The Morgan fingerprint density at radius 2 is 1.17 bits per heavy atom. The van der Waals surface area contributed by atoms with E-state index in [0.717, 1.165) is 0 Å². The molecule has 0 aromatic carbocycles. The van der Waals surface area contributed by atoms with Crippen molar-refractivity contribution in [3.05, 3.63) is 0 Å². The molecule has 0 bridgehead atoms. The van der Waals surface area contributed by atoms with Crippen LogP contribution >= 0.6 is 0 Å². The van der Waals surface area contributed by atoms with Crippen molar-refractivity contribution in [2.24, 2.45) is 0 Å². The van der Waals surface area contributed by atoms with Gasteiger partial charge in [0.25, 0.3) is 0 Å². The van der Waals surface area contributed by atoms with Gasteiger partial charge < -0.3 is 19.4 Å². The maximum Gasteiger partial charge on any atom is 2.00 e. The first-order valence-electron chi connectivity index (χ1n) is 0.775. The smallest absolute Gasteiger partial charge is 1.00 e. The van der Waals surface area contributed by atoms with Gasteiger partial charge in [0.05, 0.1) is 0 Å². The molecule has 0 amide bonds. The van der Waals surface area contributed by atoms with E-state index in [9.17, 15) is 0 Å². The van der Waals surface area contributed by atoms with Crippen molar-refractivity contribution < 1.29 is 38.2 Å². The van der Waals surface area contributed by atoms with Gasteiger partial charge in [-0.3, -0.25) is 0 Å². The van der Waals surface area contributed by atoms with Crippen LogP contribution in [0, 0.1) is 0 Å². The molecule has 6 heteroatoms. The predicted octanol–water partition coefficient (Wildman–Crippen LogP) is -5.09. The molecule has 6 heavy (non-hydrogen) atoms. The van der Waals surface area contributed by atoms with Crippen LogP contribution in [0.15, 0.2) is 0 Å². The summed E-state index contributed by atoms with van der Waals surface area (Å²) in [5.41, 5.74) is 0. The van der Waals surface area contributed by atoms with E-state index in [-0.39, 0.29) is 72.0 Å². The first-order chi connectivity index (χ1) is 1.73. The zero-order valence-corrected chi connectivity index (χ0v) is 8.07. The van der Waals surface area contributed by atoms with E-state index in [1.807, 2.05) is 0 Å². The molecule has 0 radical (unpaired) electrons. The van der Waals surface area contributed by atoms with Crippen LogP contribution < -0.4 is 18.9 Å². The zero-order chi connectivity index (χ0) is 3.58. The Morgan fingerprint density at radius 3 is 1.17 bits per heavy atom. The van der Waals surface area contributed by atoms with Crippen LogP contribution in [0.4, 0.5) is 0 Å². The van der Waals surface area contributed by atoms with Crippen LogP contribution in [-0.4, -0.2) is 71.3 Å². The van der Waals surface area contributed by atoms with E-state index < -0.39 is 7.32 Å². The summed E-state index contributed by atoms with van der Waals surface area (Å²) in [4.78, 5) is 0. The summed E-state index contributed by atoms with van der Waals surface area (Å²) in [6, 6.07) is 0. The fourth-order valence-electron chi connectivity index (χ4n) is 0. The maximum absolute atomic E-state index is 7.17. The summed E-state index contributed by atoms with van der Waals surface area (Å²) in [5.74, 6) is 0. The van der Waals surface area contributed by atoms with Gasteiger partial charge in [0.2, 0.25) is 0 Å². The summed E-state index contributed by atoms with van der Waals surface area (Å²) in [6.07, 6.45) is 0.